The number of aromatic hydroxyl groups is 3. The molecule has 0 saturated carbocycles. The van der Waals surface area contributed by atoms with Crippen molar-refractivity contribution in [2.45, 2.75) is 45.4 Å². The Balaban J connectivity index is 2.17. The van der Waals surface area contributed by atoms with Crippen LogP contribution in [0.1, 0.15) is 60.4 Å². The average molecular weight is 376 g/mol. The minimum Gasteiger partial charge on any atom is -0.508 e. The maximum absolute atomic E-state index is 10.2. The van der Waals surface area contributed by atoms with Crippen LogP contribution >= 0.6 is 0 Å². The van der Waals surface area contributed by atoms with E-state index in [1.165, 1.54) is 0 Å². The second-order valence-electron chi connectivity index (χ2n) is 7.30. The van der Waals surface area contributed by atoms with E-state index in [1.807, 2.05) is 24.3 Å². The molecule has 3 N–H and O–H groups in total. The smallest absolute Gasteiger partial charge is 0.118 e. The fraction of sp³-hybridized carbons (Fsp3) is 0.280. The van der Waals surface area contributed by atoms with Crippen LogP contribution in [0.3, 0.4) is 0 Å². The van der Waals surface area contributed by atoms with Gasteiger partial charge in [0.1, 0.15) is 17.2 Å². The number of hydrogen-bond acceptors (Lipinski definition) is 3. The third-order valence-corrected chi connectivity index (χ3v) is 5.12. The third-order valence-electron chi connectivity index (χ3n) is 5.12. The molecular formula is C25H28O3. The molecule has 3 aromatic rings. The van der Waals surface area contributed by atoms with Gasteiger partial charge in [-0.1, -0.05) is 63.1 Å². The maximum atomic E-state index is 10.2. The molecule has 0 aliphatic rings. The number of phenols is 3. The fourth-order valence-electron chi connectivity index (χ4n) is 3.79. The van der Waals surface area contributed by atoms with Crippen molar-refractivity contribution in [2.75, 3.05) is 0 Å². The summed E-state index contributed by atoms with van der Waals surface area (Å²) in [6.07, 6.45) is 3.52. The maximum Gasteiger partial charge on any atom is 0.118 e. The van der Waals surface area contributed by atoms with Gasteiger partial charge in [0.2, 0.25) is 0 Å². The lowest BCUT2D eigenvalue weighted by molar-refractivity contribution is 0.467. The van der Waals surface area contributed by atoms with E-state index >= 15 is 0 Å². The molecule has 0 unspecified atom stereocenters. The van der Waals surface area contributed by atoms with Crippen molar-refractivity contribution in [1.82, 2.24) is 0 Å². The lowest BCUT2D eigenvalue weighted by Crippen LogP contribution is -2.05. The van der Waals surface area contributed by atoms with Gasteiger partial charge in [-0.2, -0.15) is 0 Å². The molecule has 28 heavy (non-hydrogen) atoms. The minimum absolute atomic E-state index is 0.0977. The van der Waals surface area contributed by atoms with E-state index in [4.69, 9.17) is 0 Å². The van der Waals surface area contributed by atoms with E-state index in [-0.39, 0.29) is 11.7 Å². The molecule has 3 aromatic carbocycles. The van der Waals surface area contributed by atoms with Crippen molar-refractivity contribution >= 4 is 0 Å². The van der Waals surface area contributed by atoms with Gasteiger partial charge >= 0.3 is 0 Å². The summed E-state index contributed by atoms with van der Waals surface area (Å²) < 4.78 is 0. The molecule has 3 nitrogen and oxygen atoms in total. The first-order valence-electron chi connectivity index (χ1n) is 9.96. The molecule has 0 aliphatic carbocycles. The van der Waals surface area contributed by atoms with Gasteiger partial charge in [-0.25, -0.2) is 0 Å². The molecule has 0 aromatic heterocycles. The summed E-state index contributed by atoms with van der Waals surface area (Å²) in [5, 5.41) is 30.5. The monoisotopic (exact) mass is 376 g/mol. The Bertz CT molecular complexity index is 891. The second kappa shape index (κ2) is 8.83. The Morgan fingerprint density at radius 2 is 1.14 bits per heavy atom. The SMILES string of the molecule is CCCc1cc(C(c2cccc(O)c2)c2ccc(O)c(CCC)c2)ccc1O. The van der Waals surface area contributed by atoms with E-state index < -0.39 is 0 Å². The molecule has 0 spiro atoms. The molecular weight excluding hydrogens is 348 g/mol. The van der Waals surface area contributed by atoms with Gasteiger partial charge in [0.05, 0.1) is 0 Å². The van der Waals surface area contributed by atoms with Crippen molar-refractivity contribution in [1.29, 1.82) is 0 Å². The summed E-state index contributed by atoms with van der Waals surface area (Å²) >= 11 is 0. The number of rotatable bonds is 7. The third kappa shape index (κ3) is 4.30. The Kier molecular flexibility index (Phi) is 6.25. The zero-order valence-electron chi connectivity index (χ0n) is 16.5. The Morgan fingerprint density at radius 3 is 1.61 bits per heavy atom. The van der Waals surface area contributed by atoms with E-state index in [0.717, 1.165) is 53.5 Å². The Morgan fingerprint density at radius 1 is 0.643 bits per heavy atom. The van der Waals surface area contributed by atoms with Gasteiger partial charge in [-0.3, -0.25) is 0 Å². The van der Waals surface area contributed by atoms with Crippen molar-refractivity contribution in [3.63, 3.8) is 0 Å². The zero-order chi connectivity index (χ0) is 20.1. The van der Waals surface area contributed by atoms with Crippen LogP contribution in [0.15, 0.2) is 60.7 Å². The summed E-state index contributed by atoms with van der Waals surface area (Å²) in [5.74, 6) is 0.761. The van der Waals surface area contributed by atoms with Crippen molar-refractivity contribution < 1.29 is 15.3 Å². The number of hydrogen-bond donors (Lipinski definition) is 3. The van der Waals surface area contributed by atoms with Crippen LogP contribution in [0.25, 0.3) is 0 Å². The van der Waals surface area contributed by atoms with Gasteiger partial charge in [0, 0.05) is 5.92 Å². The lowest BCUT2D eigenvalue weighted by Gasteiger charge is -2.21. The first-order valence-corrected chi connectivity index (χ1v) is 9.96. The molecule has 0 saturated heterocycles. The summed E-state index contributed by atoms with van der Waals surface area (Å²) in [6.45, 7) is 4.19. The molecule has 0 radical (unpaired) electrons. The first-order chi connectivity index (χ1) is 13.5. The van der Waals surface area contributed by atoms with Crippen LogP contribution in [0.5, 0.6) is 17.2 Å². The molecule has 0 aliphatic heterocycles. The van der Waals surface area contributed by atoms with Crippen molar-refractivity contribution in [3.05, 3.63) is 88.5 Å². The quantitative estimate of drug-likeness (QED) is 0.451. The van der Waals surface area contributed by atoms with Crippen molar-refractivity contribution in [2.24, 2.45) is 0 Å². The van der Waals surface area contributed by atoms with Gasteiger partial charge in [-0.15, -0.1) is 0 Å². The Hall–Kier alpha value is -2.94. The van der Waals surface area contributed by atoms with Crippen LogP contribution in [0, 0.1) is 0 Å². The second-order valence-corrected chi connectivity index (χ2v) is 7.30. The predicted molar refractivity (Wildman–Crippen MR) is 113 cm³/mol. The van der Waals surface area contributed by atoms with Crippen LogP contribution in [-0.4, -0.2) is 15.3 Å². The average Bonchev–Trinajstić information content (AvgIpc) is 2.67. The largest absolute Gasteiger partial charge is 0.508 e. The highest BCUT2D eigenvalue weighted by atomic mass is 16.3. The van der Waals surface area contributed by atoms with E-state index in [0.29, 0.717) is 11.5 Å². The highest BCUT2D eigenvalue weighted by molar-refractivity contribution is 5.50. The van der Waals surface area contributed by atoms with Crippen LogP contribution in [0.2, 0.25) is 0 Å². The van der Waals surface area contributed by atoms with E-state index in [2.05, 4.69) is 26.0 Å². The van der Waals surface area contributed by atoms with Crippen LogP contribution in [-0.2, 0) is 12.8 Å². The molecule has 0 fully saturated rings. The minimum atomic E-state index is -0.0977. The summed E-state index contributed by atoms with van der Waals surface area (Å²) in [7, 11) is 0. The molecule has 0 amide bonds. The number of phenolic OH excluding ortho intramolecular Hbond substituents is 3. The molecule has 146 valence electrons. The predicted octanol–water partition coefficient (Wildman–Crippen LogP) is 5.89. The summed E-state index contributed by atoms with van der Waals surface area (Å²) in [5.41, 5.74) is 4.94. The fourth-order valence-corrected chi connectivity index (χ4v) is 3.79. The number of benzene rings is 3. The normalized spacial score (nSPS) is 11.1. The zero-order valence-corrected chi connectivity index (χ0v) is 16.5. The van der Waals surface area contributed by atoms with Crippen LogP contribution < -0.4 is 0 Å². The molecule has 0 atom stereocenters. The lowest BCUT2D eigenvalue weighted by atomic mass is 9.83. The molecule has 0 heterocycles. The van der Waals surface area contributed by atoms with Crippen LogP contribution in [0.4, 0.5) is 0 Å². The molecule has 0 bridgehead atoms. The van der Waals surface area contributed by atoms with Gasteiger partial charge in [0.25, 0.3) is 0 Å². The summed E-state index contributed by atoms with van der Waals surface area (Å²) in [4.78, 5) is 0. The molecule has 3 rings (SSSR count). The van der Waals surface area contributed by atoms with Gasteiger partial charge < -0.3 is 15.3 Å². The number of aryl methyl sites for hydroxylation is 2. The van der Waals surface area contributed by atoms with Crippen molar-refractivity contribution in [3.8, 4) is 17.2 Å². The van der Waals surface area contributed by atoms with Gasteiger partial charge in [0.15, 0.2) is 0 Å². The first kappa shape index (κ1) is 19.8. The molecule has 3 heteroatoms. The highest BCUT2D eigenvalue weighted by Crippen LogP contribution is 2.37. The topological polar surface area (TPSA) is 60.7 Å². The van der Waals surface area contributed by atoms with E-state index in [9.17, 15) is 15.3 Å². The summed E-state index contributed by atoms with van der Waals surface area (Å²) in [6, 6.07) is 18.8. The van der Waals surface area contributed by atoms with E-state index in [1.54, 1.807) is 24.3 Å². The Labute approximate surface area is 166 Å². The standard InChI is InChI=1S/C25H28O3/c1-3-6-17-14-20(10-12-23(17)27)25(19-8-5-9-22(26)16-19)21-11-13-24(28)18(15-21)7-4-2/h5,8-16,25-28H,3-4,6-7H2,1-2H3. The highest BCUT2D eigenvalue weighted by Gasteiger charge is 2.20. The van der Waals surface area contributed by atoms with Gasteiger partial charge in [-0.05, 0) is 64.9 Å².